The summed E-state index contributed by atoms with van der Waals surface area (Å²) >= 11 is 7.09. The summed E-state index contributed by atoms with van der Waals surface area (Å²) in [4.78, 5) is 22.3. The van der Waals surface area contributed by atoms with E-state index in [0.717, 1.165) is 37.7 Å². The molecular formula is C16H18ClN5O3S. The molecule has 1 aromatic carbocycles. The number of anilines is 1. The zero-order valence-electron chi connectivity index (χ0n) is 13.9. The third-order valence-electron chi connectivity index (χ3n) is 3.82. The van der Waals surface area contributed by atoms with Crippen molar-refractivity contribution in [3.05, 3.63) is 45.7 Å². The summed E-state index contributed by atoms with van der Waals surface area (Å²) in [6.07, 6.45) is 1.34. The first kappa shape index (κ1) is 18.8. The van der Waals surface area contributed by atoms with Crippen molar-refractivity contribution in [2.75, 3.05) is 44.7 Å². The Kier molecular flexibility index (Phi) is 6.62. The lowest BCUT2D eigenvalue weighted by molar-refractivity contribution is -0.387. The van der Waals surface area contributed by atoms with Crippen LogP contribution >= 0.6 is 23.4 Å². The van der Waals surface area contributed by atoms with Gasteiger partial charge in [-0.3, -0.25) is 15.0 Å². The van der Waals surface area contributed by atoms with Gasteiger partial charge < -0.3 is 10.1 Å². The highest BCUT2D eigenvalue weighted by Gasteiger charge is 2.23. The molecule has 0 aliphatic carbocycles. The molecule has 0 radical (unpaired) electrons. The van der Waals surface area contributed by atoms with Crippen LogP contribution < -0.4 is 5.32 Å². The van der Waals surface area contributed by atoms with Crippen LogP contribution in [0.5, 0.6) is 0 Å². The average Bonchev–Trinajstić information content (AvgIpc) is 2.64. The van der Waals surface area contributed by atoms with Gasteiger partial charge in [0, 0.05) is 36.1 Å². The maximum Gasteiger partial charge on any atom is 0.343 e. The summed E-state index contributed by atoms with van der Waals surface area (Å²) in [5.41, 5.74) is -0.116. The Balaban J connectivity index is 1.70. The summed E-state index contributed by atoms with van der Waals surface area (Å²) in [6.45, 7) is 4.49. The number of nitrogens with zero attached hydrogens (tertiary/aromatic N) is 4. The fourth-order valence-corrected chi connectivity index (χ4v) is 3.49. The quantitative estimate of drug-likeness (QED) is 0.434. The third-order valence-corrected chi connectivity index (χ3v) is 5.08. The van der Waals surface area contributed by atoms with Crippen LogP contribution in [0.4, 0.5) is 11.5 Å². The molecule has 8 nitrogen and oxygen atoms in total. The number of benzene rings is 1. The highest BCUT2D eigenvalue weighted by molar-refractivity contribution is 7.99. The Morgan fingerprint density at radius 2 is 2.00 bits per heavy atom. The van der Waals surface area contributed by atoms with Gasteiger partial charge in [0.1, 0.15) is 6.33 Å². The molecule has 0 unspecified atom stereocenters. The molecule has 2 aromatic rings. The van der Waals surface area contributed by atoms with E-state index in [-0.39, 0.29) is 11.5 Å². The van der Waals surface area contributed by atoms with Crippen LogP contribution in [0.3, 0.4) is 0 Å². The van der Waals surface area contributed by atoms with E-state index in [9.17, 15) is 10.1 Å². The summed E-state index contributed by atoms with van der Waals surface area (Å²) < 4.78 is 5.31. The predicted molar refractivity (Wildman–Crippen MR) is 100 cm³/mol. The van der Waals surface area contributed by atoms with Crippen molar-refractivity contribution >= 4 is 34.9 Å². The normalized spacial score (nSPS) is 15.0. The number of aromatic nitrogens is 2. The fraction of sp³-hybridized carbons (Fsp3) is 0.375. The van der Waals surface area contributed by atoms with Gasteiger partial charge in [-0.05, 0) is 24.3 Å². The number of ether oxygens (including phenoxy) is 1. The summed E-state index contributed by atoms with van der Waals surface area (Å²) in [5, 5.41) is 15.5. The van der Waals surface area contributed by atoms with Crippen LogP contribution in [0.2, 0.25) is 5.02 Å². The Hall–Kier alpha value is -1.94. The van der Waals surface area contributed by atoms with Crippen LogP contribution in [-0.4, -0.2) is 59.2 Å². The molecule has 1 saturated heterocycles. The molecule has 1 fully saturated rings. The van der Waals surface area contributed by atoms with Crippen molar-refractivity contribution in [2.45, 2.75) is 9.92 Å². The summed E-state index contributed by atoms with van der Waals surface area (Å²) in [7, 11) is 0. The van der Waals surface area contributed by atoms with Gasteiger partial charge in [0.2, 0.25) is 5.82 Å². The lowest BCUT2D eigenvalue weighted by Gasteiger charge is -2.26. The molecule has 0 amide bonds. The van der Waals surface area contributed by atoms with Gasteiger partial charge in [0.25, 0.3) is 0 Å². The Bertz CT molecular complexity index is 756. The number of nitrogens with one attached hydrogen (secondary N) is 1. The lowest BCUT2D eigenvalue weighted by atomic mass is 10.4. The van der Waals surface area contributed by atoms with E-state index in [4.69, 9.17) is 16.3 Å². The zero-order valence-corrected chi connectivity index (χ0v) is 15.5. The van der Waals surface area contributed by atoms with E-state index in [1.54, 1.807) is 24.3 Å². The van der Waals surface area contributed by atoms with E-state index in [0.29, 0.717) is 16.6 Å². The van der Waals surface area contributed by atoms with Crippen LogP contribution in [-0.2, 0) is 4.74 Å². The second-order valence-electron chi connectivity index (χ2n) is 5.57. The van der Waals surface area contributed by atoms with Gasteiger partial charge in [-0.2, -0.15) is 0 Å². The number of hydrogen-bond acceptors (Lipinski definition) is 8. The second kappa shape index (κ2) is 9.13. The molecule has 1 N–H and O–H groups in total. The molecule has 1 aromatic heterocycles. The van der Waals surface area contributed by atoms with Gasteiger partial charge in [0.15, 0.2) is 5.03 Å². The van der Waals surface area contributed by atoms with E-state index >= 15 is 0 Å². The van der Waals surface area contributed by atoms with Gasteiger partial charge in [-0.1, -0.05) is 23.4 Å². The van der Waals surface area contributed by atoms with E-state index < -0.39 is 4.92 Å². The molecule has 26 heavy (non-hydrogen) atoms. The fourth-order valence-electron chi connectivity index (χ4n) is 2.50. The monoisotopic (exact) mass is 395 g/mol. The maximum absolute atomic E-state index is 11.6. The first-order valence-corrected chi connectivity index (χ1v) is 9.30. The highest BCUT2D eigenvalue weighted by atomic mass is 35.5. The van der Waals surface area contributed by atoms with Gasteiger partial charge in [-0.15, -0.1) is 0 Å². The van der Waals surface area contributed by atoms with E-state index in [1.807, 2.05) is 0 Å². The minimum atomic E-state index is -0.449. The summed E-state index contributed by atoms with van der Waals surface area (Å²) in [6, 6.07) is 7.06. The van der Waals surface area contributed by atoms with Crippen molar-refractivity contribution in [1.82, 2.24) is 14.9 Å². The van der Waals surface area contributed by atoms with Gasteiger partial charge in [-0.25, -0.2) is 9.97 Å². The molecule has 1 aliphatic rings. The summed E-state index contributed by atoms with van der Waals surface area (Å²) in [5.74, 6) is 0.231. The maximum atomic E-state index is 11.6. The number of rotatable bonds is 7. The van der Waals surface area contributed by atoms with Gasteiger partial charge in [0.05, 0.1) is 18.1 Å². The molecule has 1 aliphatic heterocycles. The molecule has 0 spiro atoms. The Labute approximate surface area is 160 Å². The van der Waals surface area contributed by atoms with Crippen molar-refractivity contribution < 1.29 is 9.66 Å². The average molecular weight is 396 g/mol. The number of nitro groups is 1. The van der Waals surface area contributed by atoms with Gasteiger partial charge >= 0.3 is 5.69 Å². The Morgan fingerprint density at radius 3 is 2.69 bits per heavy atom. The smallest absolute Gasteiger partial charge is 0.343 e. The van der Waals surface area contributed by atoms with Crippen LogP contribution in [0.25, 0.3) is 0 Å². The van der Waals surface area contributed by atoms with Crippen molar-refractivity contribution in [1.29, 1.82) is 0 Å². The minimum absolute atomic E-state index is 0.116. The molecule has 0 atom stereocenters. The van der Waals surface area contributed by atoms with Crippen molar-refractivity contribution in [3.63, 3.8) is 0 Å². The van der Waals surface area contributed by atoms with Crippen LogP contribution in [0, 0.1) is 10.1 Å². The molecule has 0 bridgehead atoms. The number of halogens is 1. The Morgan fingerprint density at radius 1 is 1.27 bits per heavy atom. The standard InChI is InChI=1S/C16H18ClN5O3S/c17-12-1-3-13(4-2-12)26-16-14(22(23)24)15(19-11-20-16)18-5-6-21-7-9-25-10-8-21/h1-4,11H,5-10H2,(H,18,19,20). The third kappa shape index (κ3) is 5.04. The SMILES string of the molecule is O=[N+]([O-])c1c(NCCN2CCOCC2)ncnc1Sc1ccc(Cl)cc1. The van der Waals surface area contributed by atoms with Crippen molar-refractivity contribution in [2.24, 2.45) is 0 Å². The molecule has 138 valence electrons. The topological polar surface area (TPSA) is 93.4 Å². The van der Waals surface area contributed by atoms with E-state index in [2.05, 4.69) is 20.2 Å². The van der Waals surface area contributed by atoms with Crippen LogP contribution in [0.1, 0.15) is 0 Å². The van der Waals surface area contributed by atoms with Crippen LogP contribution in [0.15, 0.2) is 40.5 Å². The molecular weight excluding hydrogens is 378 g/mol. The number of hydrogen-bond donors (Lipinski definition) is 1. The molecule has 3 rings (SSSR count). The second-order valence-corrected chi connectivity index (χ2v) is 7.07. The largest absolute Gasteiger partial charge is 0.379 e. The van der Waals surface area contributed by atoms with E-state index in [1.165, 1.54) is 18.1 Å². The first-order valence-electron chi connectivity index (χ1n) is 8.10. The zero-order chi connectivity index (χ0) is 18.4. The lowest BCUT2D eigenvalue weighted by Crippen LogP contribution is -2.39. The molecule has 2 heterocycles. The molecule has 0 saturated carbocycles. The van der Waals surface area contributed by atoms with Crippen molar-refractivity contribution in [3.8, 4) is 0 Å². The minimum Gasteiger partial charge on any atom is -0.379 e. The first-order chi connectivity index (χ1) is 12.6. The predicted octanol–water partition coefficient (Wildman–Crippen LogP) is 2.93. The number of morpholine rings is 1. The highest BCUT2D eigenvalue weighted by Crippen LogP contribution is 2.36. The molecule has 10 heteroatoms.